The molecule has 0 fully saturated rings. The van der Waals surface area contributed by atoms with E-state index >= 15 is 0 Å². The van der Waals surface area contributed by atoms with Crippen molar-refractivity contribution in [3.63, 3.8) is 0 Å². The molecule has 1 N–H and O–H groups in total. The Hall–Kier alpha value is -3.82. The number of anilines is 1. The van der Waals surface area contributed by atoms with Crippen molar-refractivity contribution < 1.29 is 14.7 Å². The summed E-state index contributed by atoms with van der Waals surface area (Å²) in [6.45, 7) is 1.77. The predicted octanol–water partition coefficient (Wildman–Crippen LogP) is 3.35. The van der Waals surface area contributed by atoms with Crippen LogP contribution in [0.2, 0.25) is 5.02 Å². The Balaban J connectivity index is 1.93. The Morgan fingerprint density at radius 1 is 1.17 bits per heavy atom. The standard InChI is InChI=1S/C22H16ClN3O3/c1-14-19(23)8-3-9-20(14)25-21(27)16(13-24)12-18-7-4-10-26(18)17-6-2-5-15(11-17)22(28)29/h2-12H,1H3,(H,25,27)(H,28,29)/p-1/b16-12+. The Morgan fingerprint density at radius 3 is 2.66 bits per heavy atom. The molecule has 0 radical (unpaired) electrons. The summed E-state index contributed by atoms with van der Waals surface area (Å²) in [5, 5.41) is 23.8. The van der Waals surface area contributed by atoms with Crippen molar-refractivity contribution in [3.8, 4) is 11.8 Å². The number of carboxylic acid groups (broad SMARTS) is 1. The summed E-state index contributed by atoms with van der Waals surface area (Å²) in [5.74, 6) is -1.86. The molecule has 2 aromatic carbocycles. The molecule has 6 nitrogen and oxygen atoms in total. The molecule has 3 aromatic rings. The van der Waals surface area contributed by atoms with Crippen molar-refractivity contribution in [1.29, 1.82) is 5.26 Å². The molecule has 7 heteroatoms. The smallest absolute Gasteiger partial charge is 0.266 e. The van der Waals surface area contributed by atoms with E-state index in [0.29, 0.717) is 27.7 Å². The second-order valence-corrected chi connectivity index (χ2v) is 6.58. The fourth-order valence-electron chi connectivity index (χ4n) is 2.76. The molecule has 0 spiro atoms. The van der Waals surface area contributed by atoms with Crippen molar-refractivity contribution >= 4 is 35.2 Å². The van der Waals surface area contributed by atoms with Gasteiger partial charge in [-0.3, -0.25) is 4.79 Å². The van der Waals surface area contributed by atoms with Gasteiger partial charge >= 0.3 is 0 Å². The predicted molar refractivity (Wildman–Crippen MR) is 109 cm³/mol. The highest BCUT2D eigenvalue weighted by Gasteiger charge is 2.13. The number of rotatable bonds is 5. The highest BCUT2D eigenvalue weighted by atomic mass is 35.5. The van der Waals surface area contributed by atoms with Gasteiger partial charge < -0.3 is 19.8 Å². The van der Waals surface area contributed by atoms with Gasteiger partial charge in [0.15, 0.2) is 0 Å². The van der Waals surface area contributed by atoms with Gasteiger partial charge in [0.05, 0.1) is 5.97 Å². The number of carboxylic acids is 1. The number of benzene rings is 2. The maximum absolute atomic E-state index is 12.6. The van der Waals surface area contributed by atoms with Crippen LogP contribution in [-0.4, -0.2) is 16.4 Å². The highest BCUT2D eigenvalue weighted by molar-refractivity contribution is 6.31. The normalized spacial score (nSPS) is 11.0. The molecule has 0 aliphatic rings. The molecular formula is C22H15ClN3O3-. The average Bonchev–Trinajstić information content (AvgIpc) is 3.18. The number of hydrogen-bond acceptors (Lipinski definition) is 4. The number of aromatic nitrogens is 1. The minimum Gasteiger partial charge on any atom is -0.545 e. The zero-order valence-corrected chi connectivity index (χ0v) is 16.1. The van der Waals surface area contributed by atoms with Crippen LogP contribution < -0.4 is 10.4 Å². The Labute approximate surface area is 172 Å². The molecule has 29 heavy (non-hydrogen) atoms. The maximum atomic E-state index is 12.6. The van der Waals surface area contributed by atoms with E-state index in [1.54, 1.807) is 60.2 Å². The fraction of sp³-hybridized carbons (Fsp3) is 0.0455. The van der Waals surface area contributed by atoms with Crippen LogP contribution in [0.3, 0.4) is 0 Å². The lowest BCUT2D eigenvalue weighted by molar-refractivity contribution is -0.255. The molecule has 0 unspecified atom stereocenters. The van der Waals surface area contributed by atoms with E-state index < -0.39 is 11.9 Å². The summed E-state index contributed by atoms with van der Waals surface area (Å²) < 4.78 is 1.67. The summed E-state index contributed by atoms with van der Waals surface area (Å²) in [5.41, 5.74) is 2.23. The van der Waals surface area contributed by atoms with Gasteiger partial charge in [-0.15, -0.1) is 0 Å². The van der Waals surface area contributed by atoms with Crippen molar-refractivity contribution in [3.05, 3.63) is 88.2 Å². The lowest BCUT2D eigenvalue weighted by Crippen LogP contribution is -2.22. The number of aromatic carboxylic acids is 1. The number of nitriles is 1. The Morgan fingerprint density at radius 2 is 1.93 bits per heavy atom. The molecule has 0 saturated heterocycles. The fourth-order valence-corrected chi connectivity index (χ4v) is 2.93. The van der Waals surface area contributed by atoms with Gasteiger partial charge in [-0.2, -0.15) is 5.26 Å². The molecule has 0 atom stereocenters. The molecular weight excluding hydrogens is 390 g/mol. The third-order valence-corrected chi connectivity index (χ3v) is 4.72. The zero-order chi connectivity index (χ0) is 21.0. The van der Waals surface area contributed by atoms with Gasteiger partial charge in [0.2, 0.25) is 0 Å². The van der Waals surface area contributed by atoms with Crippen LogP contribution in [0.4, 0.5) is 5.69 Å². The first-order chi connectivity index (χ1) is 13.9. The van der Waals surface area contributed by atoms with Gasteiger partial charge in [0.1, 0.15) is 11.6 Å². The average molecular weight is 405 g/mol. The SMILES string of the molecule is Cc1c(Cl)cccc1NC(=O)/C(C#N)=C/c1cccn1-c1cccc(C(=O)[O-])c1. The molecule has 3 rings (SSSR count). The molecule has 1 aromatic heterocycles. The third kappa shape index (κ3) is 4.37. The topological polar surface area (TPSA) is 98.0 Å². The van der Waals surface area contributed by atoms with Crippen molar-refractivity contribution in [2.24, 2.45) is 0 Å². The molecule has 0 aliphatic heterocycles. The van der Waals surface area contributed by atoms with Crippen LogP contribution in [0, 0.1) is 18.3 Å². The van der Waals surface area contributed by atoms with E-state index in [9.17, 15) is 20.0 Å². The number of amides is 1. The quantitative estimate of drug-likeness (QED) is 0.520. The van der Waals surface area contributed by atoms with Crippen LogP contribution in [0.15, 0.2) is 66.4 Å². The first kappa shape index (κ1) is 19.9. The molecule has 1 heterocycles. The van der Waals surface area contributed by atoms with Crippen LogP contribution in [-0.2, 0) is 4.79 Å². The summed E-state index contributed by atoms with van der Waals surface area (Å²) >= 11 is 6.07. The van der Waals surface area contributed by atoms with E-state index in [4.69, 9.17) is 11.6 Å². The van der Waals surface area contributed by atoms with Crippen LogP contribution in [0.25, 0.3) is 11.8 Å². The van der Waals surface area contributed by atoms with Crippen LogP contribution >= 0.6 is 11.6 Å². The monoisotopic (exact) mass is 404 g/mol. The summed E-state index contributed by atoms with van der Waals surface area (Å²) in [4.78, 5) is 23.7. The molecule has 144 valence electrons. The van der Waals surface area contributed by atoms with E-state index in [0.717, 1.165) is 0 Å². The summed E-state index contributed by atoms with van der Waals surface area (Å²) in [6, 6.07) is 16.6. The first-order valence-electron chi connectivity index (χ1n) is 8.58. The van der Waals surface area contributed by atoms with E-state index in [1.165, 1.54) is 18.2 Å². The lowest BCUT2D eigenvalue weighted by Gasteiger charge is -2.11. The summed E-state index contributed by atoms with van der Waals surface area (Å²) in [6.07, 6.45) is 3.13. The second kappa shape index (κ2) is 8.46. The number of carbonyl (C=O) groups is 2. The molecule has 1 amide bonds. The van der Waals surface area contributed by atoms with Gasteiger partial charge in [0, 0.05) is 28.3 Å². The minimum atomic E-state index is -1.29. The van der Waals surface area contributed by atoms with Gasteiger partial charge in [0.25, 0.3) is 5.91 Å². The van der Waals surface area contributed by atoms with Gasteiger partial charge in [-0.1, -0.05) is 29.8 Å². The molecule has 0 saturated carbocycles. The maximum Gasteiger partial charge on any atom is 0.266 e. The highest BCUT2D eigenvalue weighted by Crippen LogP contribution is 2.24. The van der Waals surface area contributed by atoms with Crippen LogP contribution in [0.5, 0.6) is 0 Å². The Kier molecular flexibility index (Phi) is 5.82. The number of nitrogens with zero attached hydrogens (tertiary/aromatic N) is 2. The second-order valence-electron chi connectivity index (χ2n) is 6.18. The number of hydrogen-bond donors (Lipinski definition) is 1. The molecule has 0 bridgehead atoms. The van der Waals surface area contributed by atoms with Crippen molar-refractivity contribution in [2.75, 3.05) is 5.32 Å². The van der Waals surface area contributed by atoms with E-state index in [2.05, 4.69) is 5.32 Å². The largest absolute Gasteiger partial charge is 0.545 e. The minimum absolute atomic E-state index is 0.0285. The zero-order valence-electron chi connectivity index (χ0n) is 15.3. The Bertz CT molecular complexity index is 1170. The van der Waals surface area contributed by atoms with Gasteiger partial charge in [-0.25, -0.2) is 0 Å². The van der Waals surface area contributed by atoms with Gasteiger partial charge in [-0.05, 0) is 60.5 Å². The van der Waals surface area contributed by atoms with E-state index in [-0.39, 0.29) is 11.1 Å². The molecule has 0 aliphatic carbocycles. The van der Waals surface area contributed by atoms with Crippen LogP contribution in [0.1, 0.15) is 21.6 Å². The number of nitrogens with one attached hydrogen (secondary N) is 1. The number of carbonyl (C=O) groups excluding carboxylic acids is 2. The number of halogens is 1. The lowest BCUT2D eigenvalue weighted by atomic mass is 10.1. The summed E-state index contributed by atoms with van der Waals surface area (Å²) in [7, 11) is 0. The third-order valence-electron chi connectivity index (χ3n) is 4.31. The first-order valence-corrected chi connectivity index (χ1v) is 8.96. The van der Waals surface area contributed by atoms with Crippen molar-refractivity contribution in [2.45, 2.75) is 6.92 Å². The van der Waals surface area contributed by atoms with Crippen molar-refractivity contribution in [1.82, 2.24) is 4.57 Å². The van der Waals surface area contributed by atoms with E-state index in [1.807, 2.05) is 6.07 Å².